The van der Waals surface area contributed by atoms with Crippen LogP contribution >= 0.6 is 0 Å². The van der Waals surface area contributed by atoms with E-state index < -0.39 is 0 Å². The van der Waals surface area contributed by atoms with E-state index in [9.17, 15) is 19.2 Å². The summed E-state index contributed by atoms with van der Waals surface area (Å²) in [5, 5.41) is 3.97. The van der Waals surface area contributed by atoms with E-state index in [4.69, 9.17) is 9.26 Å². The van der Waals surface area contributed by atoms with Crippen molar-refractivity contribution < 1.29 is 28.4 Å². The molecule has 0 saturated carbocycles. The van der Waals surface area contributed by atoms with E-state index >= 15 is 0 Å². The summed E-state index contributed by atoms with van der Waals surface area (Å²) >= 11 is 0. The van der Waals surface area contributed by atoms with E-state index in [-0.39, 0.29) is 49.4 Å². The number of ether oxygens (including phenoxy) is 1. The first-order valence-electron chi connectivity index (χ1n) is 10.8. The molecular formula is C22H25N5O6. The average molecular weight is 455 g/mol. The second-order valence-electron chi connectivity index (χ2n) is 7.88. The molecule has 0 bridgehead atoms. The summed E-state index contributed by atoms with van der Waals surface area (Å²) in [6, 6.07) is 7.27. The molecule has 0 atom stereocenters. The van der Waals surface area contributed by atoms with E-state index in [1.807, 2.05) is 12.1 Å². The summed E-state index contributed by atoms with van der Waals surface area (Å²) in [6.07, 6.45) is 0.862. The highest BCUT2D eigenvalue weighted by Gasteiger charge is 2.33. The predicted molar refractivity (Wildman–Crippen MR) is 114 cm³/mol. The lowest BCUT2D eigenvalue weighted by atomic mass is 10.2. The molecule has 4 amide bonds. The van der Waals surface area contributed by atoms with Crippen LogP contribution in [0.25, 0.3) is 11.4 Å². The van der Waals surface area contributed by atoms with Crippen molar-refractivity contribution in [3.63, 3.8) is 0 Å². The molecule has 0 aliphatic carbocycles. The number of hydrogen-bond acceptors (Lipinski definition) is 8. The first kappa shape index (κ1) is 22.4. The lowest BCUT2D eigenvalue weighted by Gasteiger charge is -2.35. The van der Waals surface area contributed by atoms with Crippen LogP contribution in [0.3, 0.4) is 0 Å². The maximum absolute atomic E-state index is 12.6. The number of imide groups is 1. The van der Waals surface area contributed by atoms with Crippen LogP contribution in [0.5, 0.6) is 5.75 Å². The predicted octanol–water partition coefficient (Wildman–Crippen LogP) is 0.498. The van der Waals surface area contributed by atoms with Crippen molar-refractivity contribution in [1.29, 1.82) is 0 Å². The minimum Gasteiger partial charge on any atom is -0.497 e. The van der Waals surface area contributed by atoms with Crippen LogP contribution in [0, 0.1) is 0 Å². The van der Waals surface area contributed by atoms with E-state index in [1.54, 1.807) is 29.0 Å². The van der Waals surface area contributed by atoms with Crippen molar-refractivity contribution in [3.05, 3.63) is 30.2 Å². The molecule has 2 aliphatic rings. The van der Waals surface area contributed by atoms with E-state index in [1.165, 1.54) is 0 Å². The van der Waals surface area contributed by atoms with Gasteiger partial charge in [0.15, 0.2) is 0 Å². The number of likely N-dealkylation sites (tertiary alicyclic amines) is 1. The van der Waals surface area contributed by atoms with E-state index in [2.05, 4.69) is 10.1 Å². The Bertz CT molecular complexity index is 1030. The van der Waals surface area contributed by atoms with Gasteiger partial charge in [0.25, 0.3) is 0 Å². The Morgan fingerprint density at radius 1 is 0.970 bits per heavy atom. The van der Waals surface area contributed by atoms with Crippen LogP contribution in [0.15, 0.2) is 28.8 Å². The van der Waals surface area contributed by atoms with Gasteiger partial charge in [0, 0.05) is 57.4 Å². The van der Waals surface area contributed by atoms with Crippen LogP contribution in [-0.2, 0) is 25.6 Å². The fourth-order valence-electron chi connectivity index (χ4n) is 3.83. The minimum atomic E-state index is -0.307. The molecule has 11 heteroatoms. The van der Waals surface area contributed by atoms with Crippen molar-refractivity contribution in [2.45, 2.75) is 25.7 Å². The molecule has 1 aromatic carbocycles. The summed E-state index contributed by atoms with van der Waals surface area (Å²) < 4.78 is 10.4. The first-order valence-corrected chi connectivity index (χ1v) is 10.8. The molecule has 0 spiro atoms. The van der Waals surface area contributed by atoms with Gasteiger partial charge in [-0.3, -0.25) is 24.1 Å². The standard InChI is InChI=1S/C22H25N5O6/c1-32-16-4-2-15(3-5-16)22-23-17(33-24-22)6-7-18(28)25-10-12-26(13-11-25)21(31)14-27-19(29)8-9-20(27)30/h2-5H,6-14H2,1H3. The molecule has 2 saturated heterocycles. The van der Waals surface area contributed by atoms with Crippen molar-refractivity contribution in [2.24, 2.45) is 0 Å². The molecule has 1 aromatic heterocycles. The minimum absolute atomic E-state index is 0.0591. The molecule has 0 radical (unpaired) electrons. The summed E-state index contributed by atoms with van der Waals surface area (Å²) in [5.74, 6) is 0.605. The maximum atomic E-state index is 12.6. The van der Waals surface area contributed by atoms with Gasteiger partial charge in [-0.1, -0.05) is 5.16 Å². The molecule has 2 aromatic rings. The molecule has 3 heterocycles. The summed E-state index contributed by atoms with van der Waals surface area (Å²) in [7, 11) is 1.59. The van der Waals surface area contributed by atoms with Crippen LogP contribution < -0.4 is 4.74 Å². The Balaban J connectivity index is 1.22. The van der Waals surface area contributed by atoms with Gasteiger partial charge in [-0.15, -0.1) is 0 Å². The van der Waals surface area contributed by atoms with Gasteiger partial charge in [0.2, 0.25) is 35.3 Å². The second-order valence-corrected chi connectivity index (χ2v) is 7.88. The average Bonchev–Trinajstić information content (AvgIpc) is 3.45. The van der Waals surface area contributed by atoms with Gasteiger partial charge in [0.1, 0.15) is 12.3 Å². The SMILES string of the molecule is COc1ccc(-c2noc(CCC(=O)N3CCN(C(=O)CN4C(=O)CCC4=O)CC3)n2)cc1. The third kappa shape index (κ3) is 5.18. The summed E-state index contributed by atoms with van der Waals surface area (Å²) in [6.45, 7) is 1.30. The largest absolute Gasteiger partial charge is 0.497 e. The zero-order valence-corrected chi connectivity index (χ0v) is 18.4. The van der Waals surface area contributed by atoms with Crippen LogP contribution in [0.1, 0.15) is 25.2 Å². The molecular weight excluding hydrogens is 430 g/mol. The Kier molecular flexibility index (Phi) is 6.66. The zero-order valence-electron chi connectivity index (χ0n) is 18.4. The third-order valence-electron chi connectivity index (χ3n) is 5.80. The fraction of sp³-hybridized carbons (Fsp3) is 0.455. The number of carbonyl (C=O) groups is 4. The van der Waals surface area contributed by atoms with Gasteiger partial charge < -0.3 is 19.1 Å². The Morgan fingerprint density at radius 3 is 2.18 bits per heavy atom. The number of hydrogen-bond donors (Lipinski definition) is 0. The Morgan fingerprint density at radius 2 is 1.58 bits per heavy atom. The topological polar surface area (TPSA) is 126 Å². The highest BCUT2D eigenvalue weighted by atomic mass is 16.5. The van der Waals surface area contributed by atoms with Gasteiger partial charge in [-0.25, -0.2) is 0 Å². The number of carbonyl (C=O) groups excluding carboxylic acids is 4. The normalized spacial score (nSPS) is 16.5. The second kappa shape index (κ2) is 9.80. The van der Waals surface area contributed by atoms with Crippen molar-refractivity contribution in [3.8, 4) is 17.1 Å². The van der Waals surface area contributed by atoms with E-state index in [0.717, 1.165) is 16.2 Å². The van der Waals surface area contributed by atoms with Gasteiger partial charge >= 0.3 is 0 Å². The lowest BCUT2D eigenvalue weighted by Crippen LogP contribution is -2.53. The number of nitrogens with zero attached hydrogens (tertiary/aromatic N) is 5. The monoisotopic (exact) mass is 455 g/mol. The number of piperazine rings is 1. The number of amides is 4. The Labute approximate surface area is 190 Å². The van der Waals surface area contributed by atoms with Crippen LogP contribution in [0.2, 0.25) is 0 Å². The van der Waals surface area contributed by atoms with E-state index in [0.29, 0.717) is 44.3 Å². The molecule has 0 N–H and O–H groups in total. The third-order valence-corrected chi connectivity index (χ3v) is 5.80. The van der Waals surface area contributed by atoms with Crippen molar-refractivity contribution in [2.75, 3.05) is 39.8 Å². The number of methoxy groups -OCH3 is 1. The molecule has 33 heavy (non-hydrogen) atoms. The number of rotatable bonds is 7. The molecule has 0 unspecified atom stereocenters. The zero-order chi connectivity index (χ0) is 23.4. The van der Waals surface area contributed by atoms with Crippen molar-refractivity contribution >= 4 is 23.6 Å². The van der Waals surface area contributed by atoms with Gasteiger partial charge in [-0.05, 0) is 24.3 Å². The maximum Gasteiger partial charge on any atom is 0.242 e. The molecule has 4 rings (SSSR count). The van der Waals surface area contributed by atoms with Crippen molar-refractivity contribution in [1.82, 2.24) is 24.8 Å². The van der Waals surface area contributed by atoms with Gasteiger partial charge in [0.05, 0.1) is 7.11 Å². The highest BCUT2D eigenvalue weighted by Crippen LogP contribution is 2.20. The Hall–Kier alpha value is -3.76. The quantitative estimate of drug-likeness (QED) is 0.553. The van der Waals surface area contributed by atoms with Crippen LogP contribution in [-0.4, -0.2) is 88.3 Å². The first-order chi connectivity index (χ1) is 15.9. The lowest BCUT2D eigenvalue weighted by molar-refractivity contribution is -0.147. The van der Waals surface area contributed by atoms with Crippen LogP contribution in [0.4, 0.5) is 0 Å². The fourth-order valence-corrected chi connectivity index (χ4v) is 3.83. The van der Waals surface area contributed by atoms with Gasteiger partial charge in [-0.2, -0.15) is 4.98 Å². The smallest absolute Gasteiger partial charge is 0.242 e. The summed E-state index contributed by atoms with van der Waals surface area (Å²) in [4.78, 5) is 57.1. The molecule has 2 fully saturated rings. The number of benzene rings is 1. The summed E-state index contributed by atoms with van der Waals surface area (Å²) in [5.41, 5.74) is 0.787. The number of aromatic nitrogens is 2. The number of aryl methyl sites for hydroxylation is 1. The molecule has 11 nitrogen and oxygen atoms in total. The highest BCUT2D eigenvalue weighted by molar-refractivity contribution is 6.04. The molecule has 2 aliphatic heterocycles. The molecule has 174 valence electrons.